The molecule has 8 nitrogen and oxygen atoms in total. The predicted molar refractivity (Wildman–Crippen MR) is 128 cm³/mol. The summed E-state index contributed by atoms with van der Waals surface area (Å²) in [4.78, 5) is 38.8. The van der Waals surface area contributed by atoms with Crippen molar-refractivity contribution in [3.8, 4) is 0 Å². The molecule has 0 aromatic carbocycles. The molecule has 9 unspecified atom stereocenters. The van der Waals surface area contributed by atoms with Crippen molar-refractivity contribution in [1.82, 2.24) is 0 Å². The number of carbonyl (C=O) groups is 3. The van der Waals surface area contributed by atoms with Gasteiger partial charge in [0.1, 0.15) is 18.0 Å². The molecule has 1 saturated heterocycles. The second-order valence-electron chi connectivity index (χ2n) is 13.9. The van der Waals surface area contributed by atoms with Crippen LogP contribution in [0.3, 0.4) is 0 Å². The van der Waals surface area contributed by atoms with E-state index in [0.717, 1.165) is 25.7 Å². The van der Waals surface area contributed by atoms with Crippen molar-refractivity contribution in [3.05, 3.63) is 11.8 Å². The van der Waals surface area contributed by atoms with Crippen LogP contribution in [-0.4, -0.2) is 57.0 Å². The first-order valence-electron chi connectivity index (χ1n) is 14.1. The summed E-state index contributed by atoms with van der Waals surface area (Å²) in [6.07, 6.45) is 3.51. The van der Waals surface area contributed by atoms with Crippen molar-refractivity contribution >= 4 is 17.7 Å². The Bertz CT molecular complexity index is 1150. The van der Waals surface area contributed by atoms with Crippen LogP contribution < -0.4 is 0 Å². The van der Waals surface area contributed by atoms with E-state index in [-0.39, 0.29) is 47.3 Å². The highest BCUT2D eigenvalue weighted by Gasteiger charge is 2.88. The maximum absolute atomic E-state index is 13.7. The molecule has 0 aromatic heterocycles. The van der Waals surface area contributed by atoms with Crippen LogP contribution in [0.2, 0.25) is 0 Å². The Balaban J connectivity index is 1.41. The minimum atomic E-state index is -1.66. The Morgan fingerprint density at radius 2 is 1.86 bits per heavy atom. The van der Waals surface area contributed by atoms with Crippen molar-refractivity contribution in [3.63, 3.8) is 0 Å². The van der Waals surface area contributed by atoms with E-state index in [2.05, 4.69) is 6.92 Å². The maximum Gasteiger partial charge on any atom is 0.344 e. The second kappa shape index (κ2) is 7.05. The molecule has 6 aliphatic carbocycles. The van der Waals surface area contributed by atoms with Crippen LogP contribution in [0.5, 0.6) is 0 Å². The van der Waals surface area contributed by atoms with Gasteiger partial charge in [0.2, 0.25) is 0 Å². The number of esters is 2. The largest absolute Gasteiger partial charge is 0.462 e. The van der Waals surface area contributed by atoms with Gasteiger partial charge in [0.15, 0.2) is 11.4 Å². The molecule has 7 aliphatic rings. The van der Waals surface area contributed by atoms with Gasteiger partial charge in [0.25, 0.3) is 0 Å². The van der Waals surface area contributed by atoms with Gasteiger partial charge in [-0.05, 0) is 48.5 Å². The number of hydrogen-bond donors (Lipinski definition) is 3. The zero-order valence-corrected chi connectivity index (χ0v) is 22.0. The van der Waals surface area contributed by atoms with Crippen molar-refractivity contribution in [1.29, 1.82) is 0 Å². The lowest BCUT2D eigenvalue weighted by atomic mass is 9.42. The molecule has 6 fully saturated rings. The number of aliphatic hydroxyl groups excluding tert-OH is 2. The number of ether oxygens (including phenoxy) is 2. The van der Waals surface area contributed by atoms with Gasteiger partial charge in [-0.25, -0.2) is 4.79 Å². The summed E-state index contributed by atoms with van der Waals surface area (Å²) in [5.41, 5.74) is -3.77. The molecule has 3 N–H and O–H groups in total. The number of carbonyl (C=O) groups excluding carboxylic acids is 3. The smallest absolute Gasteiger partial charge is 0.344 e. The fraction of sp³-hybridized carbons (Fsp3) is 0.828. The first kappa shape index (κ1) is 24.3. The third-order valence-corrected chi connectivity index (χ3v) is 12.7. The summed E-state index contributed by atoms with van der Waals surface area (Å²) in [7, 11) is 0. The number of fused-ring (bicyclic) bond motifs is 7. The Labute approximate surface area is 216 Å². The molecular weight excluding hydrogens is 476 g/mol. The van der Waals surface area contributed by atoms with E-state index in [1.807, 2.05) is 19.9 Å². The molecule has 1 aliphatic heterocycles. The molecule has 14 atom stereocenters. The standard InChI is InChI=1S/C29H38O8/c1-12-9-17-28(11-29(28,35)25(34)37-17)21-19(12)27(4)16(36-13(2)30)10-15-18(20(27)24(21)33)23(32)22(31)14-7-5-6-8-26(14,15)3/h9,12,14-16,18-21,23-24,32-33,35H,5-8,10-11H2,1-4H3/t12?,14?,15?,16-,18?,19?,20?,21?,23?,24?,26-,27+,28-,29+/m0/s1. The second-order valence-corrected chi connectivity index (χ2v) is 13.9. The molecule has 5 saturated carbocycles. The van der Waals surface area contributed by atoms with Crippen molar-refractivity contribution in [2.75, 3.05) is 0 Å². The molecule has 1 spiro atoms. The van der Waals surface area contributed by atoms with Gasteiger partial charge >= 0.3 is 11.9 Å². The minimum Gasteiger partial charge on any atom is -0.462 e. The third kappa shape index (κ3) is 2.50. The molecule has 8 heteroatoms. The molecule has 0 amide bonds. The van der Waals surface area contributed by atoms with Gasteiger partial charge in [-0.3, -0.25) is 9.59 Å². The molecular formula is C29H38O8. The van der Waals surface area contributed by atoms with E-state index in [1.54, 1.807) is 0 Å². The minimum absolute atomic E-state index is 0.0949. The van der Waals surface area contributed by atoms with Crippen LogP contribution >= 0.6 is 0 Å². The number of Topliss-reactive ketones (excluding diaryl/α,β-unsaturated/α-hetero) is 1. The lowest BCUT2D eigenvalue weighted by Gasteiger charge is -2.63. The Hall–Kier alpha value is -1.77. The maximum atomic E-state index is 13.7. The van der Waals surface area contributed by atoms with Crippen LogP contribution in [0, 0.1) is 57.7 Å². The average Bonchev–Trinajstić information content (AvgIpc) is 3.29. The number of rotatable bonds is 1. The van der Waals surface area contributed by atoms with E-state index in [1.165, 1.54) is 6.92 Å². The van der Waals surface area contributed by atoms with Gasteiger partial charge in [-0.15, -0.1) is 0 Å². The summed E-state index contributed by atoms with van der Waals surface area (Å²) in [5, 5.41) is 35.2. The van der Waals surface area contributed by atoms with Gasteiger partial charge in [0, 0.05) is 42.4 Å². The molecule has 1 heterocycles. The third-order valence-electron chi connectivity index (χ3n) is 12.7. The Morgan fingerprint density at radius 3 is 2.54 bits per heavy atom. The quantitative estimate of drug-likeness (QED) is 0.454. The van der Waals surface area contributed by atoms with Gasteiger partial charge in [0.05, 0.1) is 11.5 Å². The SMILES string of the molecule is CC(=O)O[C@H]1CC2C(C(O)C(=O)C3CCCC[C@@]32C)C2C(O)C3C(C(C)C=C4OC(=O)[C@]5(O)C[C@]435)[C@]21C. The molecule has 0 aromatic rings. The summed E-state index contributed by atoms with van der Waals surface area (Å²) < 4.78 is 11.6. The highest BCUT2D eigenvalue weighted by molar-refractivity contribution is 5.91. The fourth-order valence-electron chi connectivity index (χ4n) is 11.3. The normalized spacial score (nSPS) is 59.1. The highest BCUT2D eigenvalue weighted by Crippen LogP contribution is 2.81. The summed E-state index contributed by atoms with van der Waals surface area (Å²) in [6.45, 7) is 7.61. The van der Waals surface area contributed by atoms with Crippen molar-refractivity contribution in [2.45, 2.75) is 90.1 Å². The van der Waals surface area contributed by atoms with Crippen molar-refractivity contribution < 1.29 is 39.2 Å². The van der Waals surface area contributed by atoms with Crippen LogP contribution in [0.25, 0.3) is 0 Å². The number of ketones is 1. The number of allylic oxidation sites excluding steroid dienone is 1. The monoisotopic (exact) mass is 514 g/mol. The molecule has 202 valence electrons. The molecule has 37 heavy (non-hydrogen) atoms. The van der Waals surface area contributed by atoms with Crippen LogP contribution in [-0.2, 0) is 23.9 Å². The first-order valence-corrected chi connectivity index (χ1v) is 14.1. The molecule has 0 bridgehead atoms. The van der Waals surface area contributed by atoms with E-state index in [9.17, 15) is 29.7 Å². The highest BCUT2D eigenvalue weighted by atomic mass is 16.6. The van der Waals surface area contributed by atoms with E-state index >= 15 is 0 Å². The topological polar surface area (TPSA) is 130 Å². The summed E-state index contributed by atoms with van der Waals surface area (Å²) in [6, 6.07) is 0. The number of hydrogen-bond acceptors (Lipinski definition) is 8. The van der Waals surface area contributed by atoms with E-state index in [4.69, 9.17) is 9.47 Å². The van der Waals surface area contributed by atoms with E-state index in [0.29, 0.717) is 12.2 Å². The summed E-state index contributed by atoms with van der Waals surface area (Å²) in [5.74, 6) is -2.96. The van der Waals surface area contributed by atoms with Gasteiger partial charge in [-0.2, -0.15) is 0 Å². The average molecular weight is 515 g/mol. The van der Waals surface area contributed by atoms with Crippen LogP contribution in [0.4, 0.5) is 0 Å². The van der Waals surface area contributed by atoms with Gasteiger partial charge < -0.3 is 24.8 Å². The Kier molecular flexibility index (Phi) is 4.63. The number of aliphatic hydroxyl groups is 3. The zero-order valence-electron chi connectivity index (χ0n) is 22.0. The van der Waals surface area contributed by atoms with Gasteiger partial charge in [-0.1, -0.05) is 33.6 Å². The van der Waals surface area contributed by atoms with Crippen LogP contribution in [0.15, 0.2) is 11.8 Å². The fourth-order valence-corrected chi connectivity index (χ4v) is 11.3. The zero-order chi connectivity index (χ0) is 26.4. The molecule has 0 radical (unpaired) electrons. The predicted octanol–water partition coefficient (Wildman–Crippen LogP) is 2.14. The molecule has 7 rings (SSSR count). The first-order chi connectivity index (χ1) is 17.3. The Morgan fingerprint density at radius 1 is 1.14 bits per heavy atom. The van der Waals surface area contributed by atoms with Crippen molar-refractivity contribution in [2.24, 2.45) is 57.7 Å². The van der Waals surface area contributed by atoms with E-state index < -0.39 is 58.5 Å². The van der Waals surface area contributed by atoms with Crippen LogP contribution in [0.1, 0.15) is 66.2 Å². The lowest BCUT2D eigenvalue weighted by Crippen LogP contribution is -2.66. The summed E-state index contributed by atoms with van der Waals surface area (Å²) >= 11 is 0. The lowest BCUT2D eigenvalue weighted by molar-refractivity contribution is -0.217.